The fourth-order valence-electron chi connectivity index (χ4n) is 2.12. The lowest BCUT2D eigenvalue weighted by Crippen LogP contribution is -2.21. The molecule has 1 fully saturated rings. The number of hydrogen-bond acceptors (Lipinski definition) is 4. The van der Waals surface area contributed by atoms with Gasteiger partial charge >= 0.3 is 5.97 Å². The van der Waals surface area contributed by atoms with Crippen LogP contribution in [0.3, 0.4) is 0 Å². The first-order chi connectivity index (χ1) is 8.33. The Morgan fingerprint density at radius 1 is 1.39 bits per heavy atom. The molecule has 0 spiro atoms. The molecule has 0 amide bonds. The number of benzene rings is 1. The number of carboxylic acid groups (broad SMARTS) is 1. The van der Waals surface area contributed by atoms with Crippen molar-refractivity contribution in [3.8, 4) is 5.75 Å². The van der Waals surface area contributed by atoms with E-state index in [1.54, 1.807) is 12.1 Å². The summed E-state index contributed by atoms with van der Waals surface area (Å²) in [7, 11) is -2.09. The predicted molar refractivity (Wildman–Crippen MR) is 64.7 cm³/mol. The molecular weight excluding hydrogens is 256 g/mol. The second kappa shape index (κ2) is 3.98. The van der Waals surface area contributed by atoms with E-state index >= 15 is 0 Å². The van der Waals surface area contributed by atoms with E-state index in [-0.39, 0.29) is 10.6 Å². The Bertz CT molecular complexity index is 599. The smallest absolute Gasteiger partial charge is 0.314 e. The fraction of sp³-hybridized carbons (Fsp3) is 0.417. The highest BCUT2D eigenvalue weighted by molar-refractivity contribution is 7.90. The third-order valence-corrected chi connectivity index (χ3v) is 4.38. The van der Waals surface area contributed by atoms with Crippen molar-refractivity contribution in [3.63, 3.8) is 0 Å². The van der Waals surface area contributed by atoms with Crippen LogP contribution in [-0.2, 0) is 20.0 Å². The van der Waals surface area contributed by atoms with Gasteiger partial charge < -0.3 is 9.84 Å². The molecule has 0 unspecified atom stereocenters. The van der Waals surface area contributed by atoms with Crippen molar-refractivity contribution >= 4 is 15.8 Å². The number of para-hydroxylation sites is 1. The number of ether oxygens (including phenoxy) is 1. The van der Waals surface area contributed by atoms with E-state index < -0.39 is 21.2 Å². The van der Waals surface area contributed by atoms with Crippen LogP contribution in [0.15, 0.2) is 23.1 Å². The number of aliphatic carboxylic acids is 1. The average Bonchev–Trinajstić information content (AvgIpc) is 3.07. The van der Waals surface area contributed by atoms with Crippen LogP contribution in [0.5, 0.6) is 5.75 Å². The lowest BCUT2D eigenvalue weighted by molar-refractivity contribution is -0.140. The minimum Gasteiger partial charge on any atom is -0.495 e. The quantitative estimate of drug-likeness (QED) is 0.889. The van der Waals surface area contributed by atoms with E-state index in [0.717, 1.165) is 6.26 Å². The summed E-state index contributed by atoms with van der Waals surface area (Å²) in [6, 6.07) is 4.60. The molecule has 6 heteroatoms. The van der Waals surface area contributed by atoms with Gasteiger partial charge in [0.05, 0.1) is 12.5 Å². The summed E-state index contributed by atoms with van der Waals surface area (Å²) in [6.07, 6.45) is 2.09. The maximum absolute atomic E-state index is 11.7. The van der Waals surface area contributed by atoms with Crippen LogP contribution in [0.4, 0.5) is 0 Å². The lowest BCUT2D eigenvalue weighted by atomic mass is 9.95. The lowest BCUT2D eigenvalue weighted by Gasteiger charge is -2.17. The van der Waals surface area contributed by atoms with Crippen molar-refractivity contribution < 1.29 is 23.1 Å². The van der Waals surface area contributed by atoms with Gasteiger partial charge in [-0.3, -0.25) is 4.79 Å². The molecule has 98 valence electrons. The van der Waals surface area contributed by atoms with Crippen LogP contribution < -0.4 is 4.74 Å². The van der Waals surface area contributed by atoms with Gasteiger partial charge in [-0.05, 0) is 18.9 Å². The standard InChI is InChI=1S/C12H14O5S/c1-17-10-8(12(6-7-12)11(13)14)4-3-5-9(10)18(2,15)16/h3-5H,6-7H2,1-2H3,(H,13,14). The number of sulfone groups is 1. The third-order valence-electron chi connectivity index (χ3n) is 3.26. The number of carbonyl (C=O) groups is 1. The molecule has 1 aliphatic carbocycles. The molecular formula is C12H14O5S. The van der Waals surface area contributed by atoms with E-state index in [9.17, 15) is 18.3 Å². The zero-order valence-corrected chi connectivity index (χ0v) is 11.0. The first kappa shape index (κ1) is 12.9. The second-order valence-corrected chi connectivity index (χ2v) is 6.48. The Morgan fingerprint density at radius 3 is 2.39 bits per heavy atom. The molecule has 1 aromatic carbocycles. The Kier molecular flexibility index (Phi) is 2.85. The van der Waals surface area contributed by atoms with Crippen LogP contribution in [0, 0.1) is 0 Å². The van der Waals surface area contributed by atoms with Crippen molar-refractivity contribution in [2.24, 2.45) is 0 Å². The first-order valence-corrected chi connectivity index (χ1v) is 7.33. The normalized spacial score (nSPS) is 17.2. The topological polar surface area (TPSA) is 80.7 Å². The van der Waals surface area contributed by atoms with Gasteiger partial charge in [0.1, 0.15) is 10.6 Å². The van der Waals surface area contributed by atoms with Crippen molar-refractivity contribution in [2.45, 2.75) is 23.2 Å². The number of methoxy groups -OCH3 is 1. The van der Waals surface area contributed by atoms with Gasteiger partial charge in [-0.15, -0.1) is 0 Å². The van der Waals surface area contributed by atoms with Gasteiger partial charge in [-0.1, -0.05) is 12.1 Å². The molecule has 0 aromatic heterocycles. The molecule has 18 heavy (non-hydrogen) atoms. The monoisotopic (exact) mass is 270 g/mol. The van der Waals surface area contributed by atoms with Crippen molar-refractivity contribution in [2.75, 3.05) is 13.4 Å². The molecule has 5 nitrogen and oxygen atoms in total. The van der Waals surface area contributed by atoms with Crippen LogP contribution >= 0.6 is 0 Å². The van der Waals surface area contributed by atoms with Gasteiger partial charge in [0.25, 0.3) is 0 Å². The van der Waals surface area contributed by atoms with Crippen LogP contribution in [0.1, 0.15) is 18.4 Å². The highest BCUT2D eigenvalue weighted by Gasteiger charge is 2.53. The Hall–Kier alpha value is -1.56. The minimum atomic E-state index is -3.44. The average molecular weight is 270 g/mol. The molecule has 1 aromatic rings. The van der Waals surface area contributed by atoms with Gasteiger partial charge in [0.2, 0.25) is 0 Å². The van der Waals surface area contributed by atoms with Crippen LogP contribution in [0.2, 0.25) is 0 Å². The molecule has 0 atom stereocenters. The fourth-order valence-corrected chi connectivity index (χ4v) is 2.97. The molecule has 1 saturated carbocycles. The summed E-state index contributed by atoms with van der Waals surface area (Å²) < 4.78 is 28.4. The zero-order valence-electron chi connectivity index (χ0n) is 10.1. The molecule has 0 aliphatic heterocycles. The number of hydrogen-bond donors (Lipinski definition) is 1. The largest absolute Gasteiger partial charge is 0.495 e. The van der Waals surface area contributed by atoms with Crippen LogP contribution in [0.25, 0.3) is 0 Å². The van der Waals surface area contributed by atoms with E-state index in [1.807, 2.05) is 0 Å². The molecule has 0 saturated heterocycles. The van der Waals surface area contributed by atoms with E-state index in [4.69, 9.17) is 4.74 Å². The Labute approximate surface area is 105 Å². The summed E-state index contributed by atoms with van der Waals surface area (Å²) in [5.41, 5.74) is -0.535. The van der Waals surface area contributed by atoms with E-state index in [2.05, 4.69) is 0 Å². The van der Waals surface area contributed by atoms with Crippen molar-refractivity contribution in [1.82, 2.24) is 0 Å². The Balaban J connectivity index is 2.68. The zero-order chi connectivity index (χ0) is 13.6. The predicted octanol–water partition coefficient (Wildman–Crippen LogP) is 1.21. The SMILES string of the molecule is COc1c(C2(C(=O)O)CC2)cccc1S(C)(=O)=O. The van der Waals surface area contributed by atoms with Crippen molar-refractivity contribution in [1.29, 1.82) is 0 Å². The summed E-state index contributed by atoms with van der Waals surface area (Å²) in [5.74, 6) is -0.786. The summed E-state index contributed by atoms with van der Waals surface area (Å²) in [4.78, 5) is 11.3. The molecule has 0 heterocycles. The summed E-state index contributed by atoms with van der Waals surface area (Å²) in [6.45, 7) is 0. The van der Waals surface area contributed by atoms with E-state index in [0.29, 0.717) is 18.4 Å². The highest BCUT2D eigenvalue weighted by atomic mass is 32.2. The summed E-state index contributed by atoms with van der Waals surface area (Å²) in [5, 5.41) is 9.27. The molecule has 0 radical (unpaired) electrons. The minimum absolute atomic E-state index is 0.0371. The number of carboxylic acids is 1. The molecule has 1 N–H and O–H groups in total. The first-order valence-electron chi connectivity index (χ1n) is 5.44. The van der Waals surface area contributed by atoms with Gasteiger partial charge in [0, 0.05) is 11.8 Å². The second-order valence-electron chi connectivity index (χ2n) is 4.50. The van der Waals surface area contributed by atoms with Gasteiger partial charge in [-0.2, -0.15) is 0 Å². The maximum Gasteiger partial charge on any atom is 0.314 e. The third kappa shape index (κ3) is 1.86. The summed E-state index contributed by atoms with van der Waals surface area (Å²) >= 11 is 0. The van der Waals surface area contributed by atoms with Crippen LogP contribution in [-0.4, -0.2) is 32.9 Å². The Morgan fingerprint density at radius 2 is 2.00 bits per heavy atom. The van der Waals surface area contributed by atoms with E-state index in [1.165, 1.54) is 13.2 Å². The molecule has 0 bridgehead atoms. The van der Waals surface area contributed by atoms with Gasteiger partial charge in [-0.25, -0.2) is 8.42 Å². The number of rotatable bonds is 4. The molecule has 2 rings (SSSR count). The van der Waals surface area contributed by atoms with Crippen molar-refractivity contribution in [3.05, 3.63) is 23.8 Å². The van der Waals surface area contributed by atoms with Gasteiger partial charge in [0.15, 0.2) is 9.84 Å². The molecule has 1 aliphatic rings. The highest BCUT2D eigenvalue weighted by Crippen LogP contribution is 2.52. The maximum atomic E-state index is 11.7.